The molecule has 0 atom stereocenters. The zero-order valence-corrected chi connectivity index (χ0v) is 8.72. The lowest BCUT2D eigenvalue weighted by Crippen LogP contribution is -2.71. The second-order valence-corrected chi connectivity index (χ2v) is 4.87. The van der Waals surface area contributed by atoms with Crippen LogP contribution in [0.2, 0.25) is 5.02 Å². The molecule has 74 valence electrons. The number of anilines is 1. The molecule has 2 aliphatic heterocycles. The van der Waals surface area contributed by atoms with Gasteiger partial charge in [0.2, 0.25) is 0 Å². The van der Waals surface area contributed by atoms with E-state index in [1.807, 2.05) is 12.1 Å². The number of nitrogens with one attached hydrogen (secondary N) is 1. The summed E-state index contributed by atoms with van der Waals surface area (Å²) in [7, 11) is 0. The third-order valence-corrected chi connectivity index (χ3v) is 3.50. The van der Waals surface area contributed by atoms with E-state index in [1.54, 1.807) is 0 Å². The summed E-state index contributed by atoms with van der Waals surface area (Å²) in [5, 5.41) is 4.15. The largest absolute Gasteiger partial charge is 0.370 e. The van der Waals surface area contributed by atoms with Gasteiger partial charge in [0.25, 0.3) is 0 Å². The van der Waals surface area contributed by atoms with Gasteiger partial charge in [-0.25, -0.2) is 0 Å². The molecule has 0 bridgehead atoms. The summed E-state index contributed by atoms with van der Waals surface area (Å²) in [5.74, 6) is 0. The van der Waals surface area contributed by atoms with Crippen molar-refractivity contribution in [3.05, 3.63) is 29.3 Å². The summed E-state index contributed by atoms with van der Waals surface area (Å²) < 4.78 is 0. The molecule has 3 heteroatoms. The molecule has 2 heterocycles. The summed E-state index contributed by atoms with van der Waals surface area (Å²) in [6.07, 6.45) is 0. The van der Waals surface area contributed by atoms with Gasteiger partial charge in [0, 0.05) is 42.3 Å². The van der Waals surface area contributed by atoms with Crippen LogP contribution < -0.4 is 10.2 Å². The Hall–Kier alpha value is -0.730. The number of hydrogen-bond donors (Lipinski definition) is 1. The molecular formula is C11H13ClN2. The highest BCUT2D eigenvalue weighted by Gasteiger charge is 2.47. The number of benzene rings is 1. The number of nitrogens with zero attached hydrogens (tertiary/aromatic N) is 1. The molecule has 0 unspecified atom stereocenters. The highest BCUT2D eigenvalue weighted by molar-refractivity contribution is 6.30. The van der Waals surface area contributed by atoms with Crippen molar-refractivity contribution in [3.63, 3.8) is 0 Å². The molecule has 14 heavy (non-hydrogen) atoms. The molecule has 0 aromatic heterocycles. The Morgan fingerprint density at radius 2 is 1.79 bits per heavy atom. The first-order valence-electron chi connectivity index (χ1n) is 4.99. The van der Waals surface area contributed by atoms with Gasteiger partial charge < -0.3 is 10.2 Å². The Labute approximate surface area is 88.9 Å². The van der Waals surface area contributed by atoms with E-state index in [0.717, 1.165) is 5.02 Å². The van der Waals surface area contributed by atoms with E-state index >= 15 is 0 Å². The first-order valence-corrected chi connectivity index (χ1v) is 5.37. The van der Waals surface area contributed by atoms with Crippen molar-refractivity contribution in [1.29, 1.82) is 0 Å². The Morgan fingerprint density at radius 3 is 2.29 bits per heavy atom. The van der Waals surface area contributed by atoms with Crippen LogP contribution in [0.3, 0.4) is 0 Å². The number of hydrogen-bond acceptors (Lipinski definition) is 2. The van der Waals surface area contributed by atoms with Crippen LogP contribution in [-0.2, 0) is 0 Å². The standard InChI is InChI=1S/C11H13ClN2/c12-9-1-3-10(4-2-9)14-7-11(8-14)5-13-6-11/h1-4,13H,5-8H2. The minimum atomic E-state index is 0.597. The molecule has 0 radical (unpaired) electrons. The lowest BCUT2D eigenvalue weighted by molar-refractivity contribution is 0.121. The second-order valence-electron chi connectivity index (χ2n) is 4.44. The maximum Gasteiger partial charge on any atom is 0.0407 e. The van der Waals surface area contributed by atoms with Crippen LogP contribution in [0, 0.1) is 5.41 Å². The molecule has 2 nitrogen and oxygen atoms in total. The first-order chi connectivity index (χ1) is 6.77. The SMILES string of the molecule is Clc1ccc(N2CC3(CNC3)C2)cc1. The molecule has 0 aliphatic carbocycles. The Kier molecular flexibility index (Phi) is 1.76. The van der Waals surface area contributed by atoms with Crippen LogP contribution in [0.1, 0.15) is 0 Å². The van der Waals surface area contributed by atoms with Crippen LogP contribution in [0.25, 0.3) is 0 Å². The lowest BCUT2D eigenvalue weighted by atomic mass is 9.74. The molecule has 2 fully saturated rings. The normalized spacial score (nSPS) is 23.1. The van der Waals surface area contributed by atoms with E-state index in [-0.39, 0.29) is 0 Å². The molecule has 1 N–H and O–H groups in total. The van der Waals surface area contributed by atoms with E-state index in [4.69, 9.17) is 11.6 Å². The van der Waals surface area contributed by atoms with Crippen LogP contribution in [0.4, 0.5) is 5.69 Å². The van der Waals surface area contributed by atoms with Gasteiger partial charge >= 0.3 is 0 Å². The second kappa shape index (κ2) is 2.88. The average molecular weight is 209 g/mol. The van der Waals surface area contributed by atoms with E-state index < -0.39 is 0 Å². The van der Waals surface area contributed by atoms with E-state index in [0.29, 0.717) is 5.41 Å². The summed E-state index contributed by atoms with van der Waals surface area (Å²) in [4.78, 5) is 2.41. The lowest BCUT2D eigenvalue weighted by Gasteiger charge is -2.57. The summed E-state index contributed by atoms with van der Waals surface area (Å²) in [6, 6.07) is 8.12. The fourth-order valence-electron chi connectivity index (χ4n) is 2.30. The minimum Gasteiger partial charge on any atom is -0.370 e. The van der Waals surface area contributed by atoms with Gasteiger partial charge in [-0.05, 0) is 24.3 Å². The van der Waals surface area contributed by atoms with Gasteiger partial charge in [0.1, 0.15) is 0 Å². The first kappa shape index (κ1) is 8.57. The predicted molar refractivity (Wildman–Crippen MR) is 59.0 cm³/mol. The van der Waals surface area contributed by atoms with Gasteiger partial charge in [-0.1, -0.05) is 11.6 Å². The summed E-state index contributed by atoms with van der Waals surface area (Å²) in [6.45, 7) is 4.78. The molecule has 1 aromatic carbocycles. The Bertz CT molecular complexity index is 335. The third-order valence-electron chi connectivity index (χ3n) is 3.24. The van der Waals surface area contributed by atoms with Crippen molar-refractivity contribution in [2.24, 2.45) is 5.41 Å². The third kappa shape index (κ3) is 1.22. The molecule has 3 rings (SSSR count). The smallest absolute Gasteiger partial charge is 0.0407 e. The van der Waals surface area contributed by atoms with Gasteiger partial charge in [-0.2, -0.15) is 0 Å². The molecular weight excluding hydrogens is 196 g/mol. The van der Waals surface area contributed by atoms with Crippen molar-refractivity contribution < 1.29 is 0 Å². The average Bonchev–Trinajstić information content (AvgIpc) is 2.03. The molecule has 1 spiro atoms. The van der Waals surface area contributed by atoms with Gasteiger partial charge in [-0.3, -0.25) is 0 Å². The van der Waals surface area contributed by atoms with Crippen LogP contribution in [-0.4, -0.2) is 26.2 Å². The molecule has 0 saturated carbocycles. The van der Waals surface area contributed by atoms with Crippen molar-refractivity contribution >= 4 is 17.3 Å². The highest BCUT2D eigenvalue weighted by Crippen LogP contribution is 2.37. The van der Waals surface area contributed by atoms with Crippen LogP contribution in [0.5, 0.6) is 0 Å². The summed E-state index contributed by atoms with van der Waals surface area (Å²) in [5.41, 5.74) is 1.89. The predicted octanol–water partition coefficient (Wildman–Crippen LogP) is 1.75. The highest BCUT2D eigenvalue weighted by atomic mass is 35.5. The molecule has 0 amide bonds. The Morgan fingerprint density at radius 1 is 1.14 bits per heavy atom. The fourth-order valence-corrected chi connectivity index (χ4v) is 2.43. The van der Waals surface area contributed by atoms with Crippen molar-refractivity contribution in [1.82, 2.24) is 5.32 Å². The van der Waals surface area contributed by atoms with Crippen molar-refractivity contribution in [2.75, 3.05) is 31.1 Å². The Balaban J connectivity index is 1.70. The van der Waals surface area contributed by atoms with E-state index in [1.165, 1.54) is 31.9 Å². The van der Waals surface area contributed by atoms with Crippen LogP contribution in [0.15, 0.2) is 24.3 Å². The maximum atomic E-state index is 5.84. The summed E-state index contributed by atoms with van der Waals surface area (Å²) >= 11 is 5.84. The monoisotopic (exact) mass is 208 g/mol. The zero-order chi connectivity index (χ0) is 9.60. The quantitative estimate of drug-likeness (QED) is 0.757. The van der Waals surface area contributed by atoms with E-state index in [2.05, 4.69) is 22.3 Å². The van der Waals surface area contributed by atoms with Crippen LogP contribution >= 0.6 is 11.6 Å². The fraction of sp³-hybridized carbons (Fsp3) is 0.455. The van der Waals surface area contributed by atoms with Gasteiger partial charge in [0.05, 0.1) is 0 Å². The zero-order valence-electron chi connectivity index (χ0n) is 7.96. The van der Waals surface area contributed by atoms with Crippen molar-refractivity contribution in [3.8, 4) is 0 Å². The number of rotatable bonds is 1. The van der Waals surface area contributed by atoms with E-state index in [9.17, 15) is 0 Å². The minimum absolute atomic E-state index is 0.597. The molecule has 2 saturated heterocycles. The van der Waals surface area contributed by atoms with Gasteiger partial charge in [0.15, 0.2) is 0 Å². The topological polar surface area (TPSA) is 15.3 Å². The maximum absolute atomic E-state index is 5.84. The van der Waals surface area contributed by atoms with Gasteiger partial charge in [-0.15, -0.1) is 0 Å². The van der Waals surface area contributed by atoms with Crippen molar-refractivity contribution in [2.45, 2.75) is 0 Å². The molecule has 2 aliphatic rings. The number of halogens is 1. The molecule has 1 aromatic rings.